The summed E-state index contributed by atoms with van der Waals surface area (Å²) in [5, 5.41) is 7.34. The van der Waals surface area contributed by atoms with Gasteiger partial charge in [0.15, 0.2) is 0 Å². The Morgan fingerprint density at radius 3 is 1.82 bits per heavy atom. The molecule has 0 aliphatic heterocycles. The van der Waals surface area contributed by atoms with Crippen molar-refractivity contribution in [3.8, 4) is 44.5 Å². The molecule has 0 N–H and O–H groups in total. The van der Waals surface area contributed by atoms with Crippen molar-refractivity contribution in [3.63, 3.8) is 0 Å². The van der Waals surface area contributed by atoms with E-state index >= 15 is 0 Å². The first-order valence-electron chi connectivity index (χ1n) is 20.7. The molecule has 0 spiro atoms. The van der Waals surface area contributed by atoms with Gasteiger partial charge in [-0.05, 0) is 98.8 Å². The SMILES string of the molecule is c1cc(-c2ccccc2-c2ccc3ccccc3c2)cc(N(c2ccc(-c3ccc4c(c3)sc3ccccc34)cc2)c2ccccc2-c2cccc3c2oc2ccccc23)c1. The quantitative estimate of drug-likeness (QED) is 0.160. The summed E-state index contributed by atoms with van der Waals surface area (Å²) in [5.41, 5.74) is 14.3. The average Bonchev–Trinajstić information content (AvgIpc) is 3.90. The van der Waals surface area contributed by atoms with Crippen LogP contribution in [0.4, 0.5) is 17.1 Å². The molecule has 286 valence electrons. The van der Waals surface area contributed by atoms with Crippen molar-refractivity contribution in [1.29, 1.82) is 0 Å². The predicted molar refractivity (Wildman–Crippen MR) is 261 cm³/mol. The number of hydrogen-bond acceptors (Lipinski definition) is 3. The molecule has 2 nitrogen and oxygen atoms in total. The molecule has 0 radical (unpaired) electrons. The molecule has 61 heavy (non-hydrogen) atoms. The molecular formula is C58H37NOS. The van der Waals surface area contributed by atoms with E-state index in [0.717, 1.165) is 55.7 Å². The fourth-order valence-electron chi connectivity index (χ4n) is 9.15. The van der Waals surface area contributed by atoms with Gasteiger partial charge >= 0.3 is 0 Å². The zero-order valence-electron chi connectivity index (χ0n) is 33.1. The fraction of sp³-hybridized carbons (Fsp3) is 0. The zero-order chi connectivity index (χ0) is 40.3. The third-order valence-electron chi connectivity index (χ3n) is 12.1. The zero-order valence-corrected chi connectivity index (χ0v) is 33.9. The average molecular weight is 796 g/mol. The molecule has 12 rings (SSSR count). The minimum Gasteiger partial charge on any atom is -0.455 e. The first-order valence-corrected chi connectivity index (χ1v) is 21.6. The van der Waals surface area contributed by atoms with Crippen LogP contribution in [0.25, 0.3) is 97.4 Å². The van der Waals surface area contributed by atoms with Gasteiger partial charge in [-0.2, -0.15) is 0 Å². The highest BCUT2D eigenvalue weighted by atomic mass is 32.1. The van der Waals surface area contributed by atoms with E-state index in [1.165, 1.54) is 58.8 Å². The highest BCUT2D eigenvalue weighted by Gasteiger charge is 2.21. The van der Waals surface area contributed by atoms with Crippen molar-refractivity contribution < 1.29 is 4.42 Å². The molecule has 0 unspecified atom stereocenters. The van der Waals surface area contributed by atoms with Gasteiger partial charge in [0.25, 0.3) is 0 Å². The summed E-state index contributed by atoms with van der Waals surface area (Å²) in [6.45, 7) is 0. The number of hydrogen-bond donors (Lipinski definition) is 0. The van der Waals surface area contributed by atoms with Crippen molar-refractivity contribution in [2.24, 2.45) is 0 Å². The molecule has 0 saturated carbocycles. The number of nitrogens with zero attached hydrogens (tertiary/aromatic N) is 1. The maximum Gasteiger partial charge on any atom is 0.143 e. The van der Waals surface area contributed by atoms with Gasteiger partial charge in [0, 0.05) is 53.4 Å². The lowest BCUT2D eigenvalue weighted by Gasteiger charge is -2.28. The Morgan fingerprint density at radius 1 is 0.328 bits per heavy atom. The van der Waals surface area contributed by atoms with Crippen LogP contribution in [0.1, 0.15) is 0 Å². The summed E-state index contributed by atoms with van der Waals surface area (Å²) >= 11 is 1.86. The molecule has 0 saturated heterocycles. The van der Waals surface area contributed by atoms with Crippen LogP contribution < -0.4 is 4.90 Å². The Balaban J connectivity index is 1.02. The van der Waals surface area contributed by atoms with Crippen molar-refractivity contribution >= 4 is 81.3 Å². The number of fused-ring (bicyclic) bond motifs is 7. The molecule has 0 fully saturated rings. The van der Waals surface area contributed by atoms with Crippen LogP contribution in [0, 0.1) is 0 Å². The summed E-state index contributed by atoms with van der Waals surface area (Å²) in [4.78, 5) is 2.40. The van der Waals surface area contributed by atoms with Gasteiger partial charge in [0.1, 0.15) is 11.2 Å². The van der Waals surface area contributed by atoms with Gasteiger partial charge in [-0.3, -0.25) is 0 Å². The highest BCUT2D eigenvalue weighted by Crippen LogP contribution is 2.46. The van der Waals surface area contributed by atoms with Crippen LogP contribution in [0.2, 0.25) is 0 Å². The fourth-order valence-corrected chi connectivity index (χ4v) is 10.3. The second-order valence-corrected chi connectivity index (χ2v) is 16.7. The number of para-hydroxylation sites is 3. The van der Waals surface area contributed by atoms with Crippen LogP contribution >= 0.6 is 11.3 Å². The summed E-state index contributed by atoms with van der Waals surface area (Å²) in [6, 6.07) is 81.2. The smallest absolute Gasteiger partial charge is 0.143 e. The van der Waals surface area contributed by atoms with E-state index in [2.05, 4.69) is 223 Å². The number of thiophene rings is 1. The lowest BCUT2D eigenvalue weighted by molar-refractivity contribution is 0.670. The second kappa shape index (κ2) is 14.5. The third kappa shape index (κ3) is 6.09. The van der Waals surface area contributed by atoms with Crippen molar-refractivity contribution in [2.75, 3.05) is 4.90 Å². The summed E-state index contributed by atoms with van der Waals surface area (Å²) in [5.74, 6) is 0. The van der Waals surface area contributed by atoms with Gasteiger partial charge in [0.2, 0.25) is 0 Å². The van der Waals surface area contributed by atoms with E-state index in [1.807, 2.05) is 17.4 Å². The van der Waals surface area contributed by atoms with E-state index in [1.54, 1.807) is 0 Å². The van der Waals surface area contributed by atoms with E-state index < -0.39 is 0 Å². The lowest BCUT2D eigenvalue weighted by atomic mass is 9.93. The van der Waals surface area contributed by atoms with E-state index in [-0.39, 0.29) is 0 Å². The Labute approximate surface area is 357 Å². The maximum atomic E-state index is 6.64. The molecule has 12 aromatic rings. The largest absolute Gasteiger partial charge is 0.455 e. The Hall–Kier alpha value is -7.72. The molecule has 0 bridgehead atoms. The monoisotopic (exact) mass is 795 g/mol. The first-order chi connectivity index (χ1) is 30.2. The van der Waals surface area contributed by atoms with Crippen LogP contribution in [-0.2, 0) is 0 Å². The molecule has 0 atom stereocenters. The van der Waals surface area contributed by atoms with Crippen molar-refractivity contribution in [2.45, 2.75) is 0 Å². The third-order valence-corrected chi connectivity index (χ3v) is 13.2. The van der Waals surface area contributed by atoms with E-state index in [0.29, 0.717) is 0 Å². The Bertz CT molecular complexity index is 3610. The predicted octanol–water partition coefficient (Wildman–Crippen LogP) is 17.2. The highest BCUT2D eigenvalue weighted by molar-refractivity contribution is 7.25. The molecule has 2 heterocycles. The van der Waals surface area contributed by atoms with Gasteiger partial charge in [-0.25, -0.2) is 0 Å². The van der Waals surface area contributed by atoms with Gasteiger partial charge in [0.05, 0.1) is 5.69 Å². The lowest BCUT2D eigenvalue weighted by Crippen LogP contribution is -2.11. The van der Waals surface area contributed by atoms with Crippen LogP contribution in [0.15, 0.2) is 229 Å². The molecule has 3 heteroatoms. The molecule has 0 aliphatic carbocycles. The standard InChI is InChI=1S/C58H37NOS/c1-2-14-40-35-43(28-27-38(40)13-1)47-18-4-3-17-46(47)42-15-11-16-45(36-42)59(44-32-29-39(30-33-44)41-31-34-51-50-21-7-10-26-56(50)61-57(51)37-41)54-24-8-5-19-48(54)52-22-12-23-53-49-20-6-9-25-55(49)60-58(52)53/h1-37H. The minimum absolute atomic E-state index is 0.890. The van der Waals surface area contributed by atoms with Crippen molar-refractivity contribution in [3.05, 3.63) is 224 Å². The molecular weight excluding hydrogens is 759 g/mol. The van der Waals surface area contributed by atoms with Crippen molar-refractivity contribution in [1.82, 2.24) is 0 Å². The number of benzene rings is 10. The Morgan fingerprint density at radius 2 is 0.951 bits per heavy atom. The van der Waals surface area contributed by atoms with E-state index in [4.69, 9.17) is 4.42 Å². The van der Waals surface area contributed by atoms with Crippen LogP contribution in [-0.4, -0.2) is 0 Å². The van der Waals surface area contributed by atoms with Gasteiger partial charge < -0.3 is 9.32 Å². The van der Waals surface area contributed by atoms with Crippen LogP contribution in [0.5, 0.6) is 0 Å². The topological polar surface area (TPSA) is 16.4 Å². The van der Waals surface area contributed by atoms with Gasteiger partial charge in [-0.1, -0.05) is 170 Å². The number of anilines is 3. The normalized spacial score (nSPS) is 11.6. The molecule has 0 aliphatic rings. The second-order valence-electron chi connectivity index (χ2n) is 15.6. The minimum atomic E-state index is 0.890. The molecule has 2 aromatic heterocycles. The maximum absolute atomic E-state index is 6.64. The first kappa shape index (κ1) is 35.2. The summed E-state index contributed by atoms with van der Waals surface area (Å²) < 4.78 is 9.26. The summed E-state index contributed by atoms with van der Waals surface area (Å²) in [7, 11) is 0. The van der Waals surface area contributed by atoms with Crippen LogP contribution in [0.3, 0.4) is 0 Å². The van der Waals surface area contributed by atoms with E-state index in [9.17, 15) is 0 Å². The molecule has 10 aromatic carbocycles. The number of rotatable bonds is 7. The molecule has 0 amide bonds. The number of furan rings is 1. The Kier molecular flexibility index (Phi) is 8.39. The summed E-state index contributed by atoms with van der Waals surface area (Å²) in [6.07, 6.45) is 0. The van der Waals surface area contributed by atoms with Gasteiger partial charge in [-0.15, -0.1) is 11.3 Å².